The molecule has 0 amide bonds. The van der Waals surface area contributed by atoms with E-state index in [1.54, 1.807) is 4.68 Å². The molecule has 6 nitrogen and oxygen atoms in total. The highest BCUT2D eigenvalue weighted by Gasteiger charge is 2.10. The van der Waals surface area contributed by atoms with Crippen LogP contribution in [0, 0.1) is 6.92 Å². The molecule has 0 saturated carbocycles. The van der Waals surface area contributed by atoms with Gasteiger partial charge in [-0.15, -0.1) is 5.10 Å². The van der Waals surface area contributed by atoms with Gasteiger partial charge in [-0.25, -0.2) is 4.98 Å². The van der Waals surface area contributed by atoms with Gasteiger partial charge in [-0.05, 0) is 24.6 Å². The Labute approximate surface area is 95.9 Å². The van der Waals surface area contributed by atoms with E-state index in [1.165, 1.54) is 6.33 Å². The Bertz CT molecular complexity index is 743. The third-order valence-electron chi connectivity index (χ3n) is 2.49. The van der Waals surface area contributed by atoms with Gasteiger partial charge in [0.15, 0.2) is 11.2 Å². The summed E-state index contributed by atoms with van der Waals surface area (Å²) in [5, 5.41) is 7.78. The van der Waals surface area contributed by atoms with E-state index in [0.29, 0.717) is 5.65 Å². The van der Waals surface area contributed by atoms with Crippen LogP contribution in [0.15, 0.2) is 35.4 Å². The maximum Gasteiger partial charge on any atom is 0.280 e. The normalized spacial score (nSPS) is 10.9. The number of H-pyrrole nitrogens is 1. The number of nitrogens with zero attached hydrogens (tertiary/aromatic N) is 4. The lowest BCUT2D eigenvalue weighted by Crippen LogP contribution is -2.07. The Balaban J connectivity index is 2.32. The average Bonchev–Trinajstić information content (AvgIpc) is 2.74. The van der Waals surface area contributed by atoms with Crippen LogP contribution in [-0.2, 0) is 0 Å². The second-order valence-corrected chi connectivity index (χ2v) is 3.74. The van der Waals surface area contributed by atoms with Gasteiger partial charge in [0.1, 0.15) is 0 Å². The second kappa shape index (κ2) is 3.51. The van der Waals surface area contributed by atoms with Crippen molar-refractivity contribution in [3.63, 3.8) is 0 Å². The van der Waals surface area contributed by atoms with Crippen LogP contribution in [0.3, 0.4) is 0 Å². The zero-order valence-corrected chi connectivity index (χ0v) is 9.08. The smallest absolute Gasteiger partial charge is 0.280 e. The van der Waals surface area contributed by atoms with Crippen molar-refractivity contribution < 1.29 is 0 Å². The maximum atomic E-state index is 11.5. The van der Waals surface area contributed by atoms with Crippen LogP contribution in [0.2, 0.25) is 0 Å². The molecular formula is C11H9N5O. The molecule has 0 unspecified atom stereocenters. The summed E-state index contributed by atoms with van der Waals surface area (Å²) >= 11 is 0. The topological polar surface area (TPSA) is 76.5 Å². The van der Waals surface area contributed by atoms with E-state index in [4.69, 9.17) is 0 Å². The first-order valence-electron chi connectivity index (χ1n) is 5.12. The number of hydrogen-bond donors (Lipinski definition) is 1. The van der Waals surface area contributed by atoms with E-state index in [1.807, 2.05) is 31.2 Å². The molecular weight excluding hydrogens is 218 g/mol. The van der Waals surface area contributed by atoms with Gasteiger partial charge in [0.25, 0.3) is 5.56 Å². The van der Waals surface area contributed by atoms with Crippen LogP contribution < -0.4 is 5.56 Å². The van der Waals surface area contributed by atoms with E-state index in [2.05, 4.69) is 20.3 Å². The highest BCUT2D eigenvalue weighted by molar-refractivity contribution is 5.69. The van der Waals surface area contributed by atoms with Crippen LogP contribution in [0.25, 0.3) is 16.9 Å². The van der Waals surface area contributed by atoms with Gasteiger partial charge in [-0.2, -0.15) is 4.68 Å². The van der Waals surface area contributed by atoms with E-state index in [9.17, 15) is 4.79 Å². The number of rotatable bonds is 1. The van der Waals surface area contributed by atoms with Crippen LogP contribution in [0.4, 0.5) is 0 Å². The van der Waals surface area contributed by atoms with Crippen molar-refractivity contribution in [1.29, 1.82) is 0 Å². The third kappa shape index (κ3) is 1.50. The molecule has 0 spiro atoms. The second-order valence-electron chi connectivity index (χ2n) is 3.74. The SMILES string of the molecule is Cc1cccc(-n2nnc3c(=O)[nH]cnc32)c1. The predicted molar refractivity (Wildman–Crippen MR) is 62.0 cm³/mol. The number of nitrogens with one attached hydrogen (secondary N) is 1. The summed E-state index contributed by atoms with van der Waals surface area (Å²) in [6.45, 7) is 1.99. The zero-order valence-electron chi connectivity index (χ0n) is 9.08. The molecule has 1 N–H and O–H groups in total. The molecule has 0 atom stereocenters. The van der Waals surface area contributed by atoms with Gasteiger partial charge in [0.2, 0.25) is 0 Å². The summed E-state index contributed by atoms with van der Waals surface area (Å²) in [6.07, 6.45) is 1.35. The van der Waals surface area contributed by atoms with Gasteiger partial charge < -0.3 is 4.98 Å². The maximum absolute atomic E-state index is 11.5. The monoisotopic (exact) mass is 227 g/mol. The third-order valence-corrected chi connectivity index (χ3v) is 2.49. The van der Waals surface area contributed by atoms with Crippen LogP contribution >= 0.6 is 0 Å². The number of aromatic amines is 1. The quantitative estimate of drug-likeness (QED) is 0.667. The van der Waals surface area contributed by atoms with Crippen molar-refractivity contribution in [2.24, 2.45) is 0 Å². The Morgan fingerprint density at radius 2 is 2.24 bits per heavy atom. The molecule has 17 heavy (non-hydrogen) atoms. The molecule has 84 valence electrons. The van der Waals surface area contributed by atoms with E-state index in [-0.39, 0.29) is 11.1 Å². The molecule has 1 aromatic carbocycles. The Hall–Kier alpha value is -2.50. The fourth-order valence-electron chi connectivity index (χ4n) is 1.69. The van der Waals surface area contributed by atoms with Crippen LogP contribution in [0.1, 0.15) is 5.56 Å². The first-order chi connectivity index (χ1) is 8.25. The molecule has 0 saturated heterocycles. The fourth-order valence-corrected chi connectivity index (χ4v) is 1.69. The zero-order chi connectivity index (χ0) is 11.8. The lowest BCUT2D eigenvalue weighted by molar-refractivity contribution is 0.816. The molecule has 0 bridgehead atoms. The molecule has 0 aliphatic heterocycles. The summed E-state index contributed by atoms with van der Waals surface area (Å²) in [5.74, 6) is 0. The molecule has 6 heteroatoms. The lowest BCUT2D eigenvalue weighted by atomic mass is 10.2. The highest BCUT2D eigenvalue weighted by atomic mass is 16.1. The largest absolute Gasteiger partial charge is 0.311 e. The van der Waals surface area contributed by atoms with E-state index < -0.39 is 0 Å². The van der Waals surface area contributed by atoms with E-state index in [0.717, 1.165) is 11.3 Å². The number of aromatic nitrogens is 5. The Kier molecular flexibility index (Phi) is 2.01. The minimum absolute atomic E-state index is 0.244. The summed E-state index contributed by atoms with van der Waals surface area (Å²) in [5.41, 5.74) is 2.36. The number of hydrogen-bond acceptors (Lipinski definition) is 4. The summed E-state index contributed by atoms with van der Waals surface area (Å²) in [7, 11) is 0. The first kappa shape index (κ1) is 9.71. The van der Waals surface area contributed by atoms with E-state index >= 15 is 0 Å². The van der Waals surface area contributed by atoms with Crippen molar-refractivity contribution >= 4 is 11.2 Å². The van der Waals surface area contributed by atoms with Crippen molar-refractivity contribution in [3.8, 4) is 5.69 Å². The predicted octanol–water partition coefficient (Wildman–Crippen LogP) is 0.812. The van der Waals surface area contributed by atoms with Crippen LogP contribution in [0.5, 0.6) is 0 Å². The molecule has 3 rings (SSSR count). The van der Waals surface area contributed by atoms with Gasteiger partial charge in [-0.1, -0.05) is 17.3 Å². The number of aryl methyl sites for hydroxylation is 1. The van der Waals surface area contributed by atoms with Crippen molar-refractivity contribution in [3.05, 3.63) is 46.5 Å². The fraction of sp³-hybridized carbons (Fsp3) is 0.0909. The lowest BCUT2D eigenvalue weighted by Gasteiger charge is -2.01. The summed E-state index contributed by atoms with van der Waals surface area (Å²) in [6, 6.07) is 7.76. The first-order valence-corrected chi connectivity index (χ1v) is 5.12. The van der Waals surface area contributed by atoms with Crippen molar-refractivity contribution in [1.82, 2.24) is 25.0 Å². The Morgan fingerprint density at radius 1 is 1.35 bits per heavy atom. The van der Waals surface area contributed by atoms with Crippen molar-refractivity contribution in [2.45, 2.75) is 6.92 Å². The molecule has 0 aliphatic carbocycles. The van der Waals surface area contributed by atoms with Crippen LogP contribution in [-0.4, -0.2) is 25.0 Å². The summed E-state index contributed by atoms with van der Waals surface area (Å²) in [4.78, 5) is 18.0. The summed E-state index contributed by atoms with van der Waals surface area (Å²) < 4.78 is 1.55. The van der Waals surface area contributed by atoms with Gasteiger partial charge in [0, 0.05) is 0 Å². The average molecular weight is 227 g/mol. The molecule has 2 aromatic heterocycles. The standard InChI is InChI=1S/C11H9N5O/c1-7-3-2-4-8(5-7)16-10-9(14-15-16)11(17)13-6-12-10/h2-6H,1H3,(H,12,13,17). The van der Waals surface area contributed by atoms with Crippen molar-refractivity contribution in [2.75, 3.05) is 0 Å². The number of benzene rings is 1. The Morgan fingerprint density at radius 3 is 3.06 bits per heavy atom. The molecule has 2 heterocycles. The van der Waals surface area contributed by atoms with Gasteiger partial charge in [0.05, 0.1) is 12.0 Å². The molecule has 0 aliphatic rings. The molecule has 0 fully saturated rings. The highest BCUT2D eigenvalue weighted by Crippen LogP contribution is 2.12. The minimum Gasteiger partial charge on any atom is -0.311 e. The minimum atomic E-state index is -0.283. The molecule has 0 radical (unpaired) electrons. The number of fused-ring (bicyclic) bond motifs is 1. The van der Waals surface area contributed by atoms with Gasteiger partial charge in [-0.3, -0.25) is 4.79 Å². The molecule has 3 aromatic rings. The van der Waals surface area contributed by atoms with Gasteiger partial charge >= 0.3 is 0 Å².